The molecule has 1 saturated carbocycles. The van der Waals surface area contributed by atoms with E-state index >= 15 is 0 Å². The summed E-state index contributed by atoms with van der Waals surface area (Å²) in [6.45, 7) is 2.01. The fourth-order valence-electron chi connectivity index (χ4n) is 2.41. The third-order valence-corrected chi connectivity index (χ3v) is 5.18. The van der Waals surface area contributed by atoms with Crippen molar-refractivity contribution < 1.29 is 9.59 Å². The molecule has 6 heteroatoms. The third kappa shape index (κ3) is 3.94. The van der Waals surface area contributed by atoms with Gasteiger partial charge in [0.15, 0.2) is 0 Å². The average Bonchev–Trinajstić information content (AvgIpc) is 3.22. The Morgan fingerprint density at radius 1 is 1.25 bits per heavy atom. The molecule has 0 saturated heterocycles. The van der Waals surface area contributed by atoms with Crippen LogP contribution in [0.25, 0.3) is 0 Å². The Morgan fingerprint density at radius 3 is 2.71 bits per heavy atom. The van der Waals surface area contributed by atoms with Gasteiger partial charge in [0, 0.05) is 29.2 Å². The molecule has 1 heterocycles. The summed E-state index contributed by atoms with van der Waals surface area (Å²) in [5, 5.41) is 7.66. The first-order valence-corrected chi connectivity index (χ1v) is 8.90. The first-order chi connectivity index (χ1) is 11.5. The van der Waals surface area contributed by atoms with Gasteiger partial charge in [0.1, 0.15) is 0 Å². The van der Waals surface area contributed by atoms with E-state index in [0.29, 0.717) is 17.3 Å². The molecule has 1 aliphatic rings. The molecule has 2 N–H and O–H groups in total. The van der Waals surface area contributed by atoms with Gasteiger partial charge in [0.25, 0.3) is 5.91 Å². The van der Waals surface area contributed by atoms with Crippen molar-refractivity contribution in [1.82, 2.24) is 10.2 Å². The van der Waals surface area contributed by atoms with Crippen molar-refractivity contribution in [1.29, 1.82) is 0 Å². The van der Waals surface area contributed by atoms with Crippen LogP contribution in [0.1, 0.15) is 41.0 Å². The molecule has 1 aromatic carbocycles. The lowest BCUT2D eigenvalue weighted by Gasteiger charge is -2.24. The standard InChI is InChI=1S/C18H21N3O2S/c1-12(16-7-4-10-24-16)21(2)17(22)13-5-3-6-15(11-13)20-18(23)19-14-8-9-14/h3-7,10-12,14H,8-9H2,1-2H3,(H2,19,20,23). The summed E-state index contributed by atoms with van der Waals surface area (Å²) in [7, 11) is 1.80. The molecule has 0 bridgehead atoms. The van der Waals surface area contributed by atoms with Crippen LogP contribution in [-0.4, -0.2) is 29.9 Å². The molecule has 3 amide bonds. The molecule has 0 spiro atoms. The van der Waals surface area contributed by atoms with Gasteiger partial charge in [-0.05, 0) is 49.4 Å². The molecular formula is C18H21N3O2S. The van der Waals surface area contributed by atoms with Crippen LogP contribution < -0.4 is 10.6 Å². The Morgan fingerprint density at radius 2 is 2.04 bits per heavy atom. The topological polar surface area (TPSA) is 61.4 Å². The number of hydrogen-bond donors (Lipinski definition) is 2. The Balaban J connectivity index is 1.67. The van der Waals surface area contributed by atoms with Crippen molar-refractivity contribution in [2.24, 2.45) is 0 Å². The smallest absolute Gasteiger partial charge is 0.319 e. The van der Waals surface area contributed by atoms with Crippen LogP contribution in [0.15, 0.2) is 41.8 Å². The molecule has 0 aliphatic heterocycles. The highest BCUT2D eigenvalue weighted by molar-refractivity contribution is 7.10. The predicted molar refractivity (Wildman–Crippen MR) is 96.4 cm³/mol. The number of hydrogen-bond acceptors (Lipinski definition) is 3. The number of amides is 3. The first-order valence-electron chi connectivity index (χ1n) is 8.03. The van der Waals surface area contributed by atoms with Crippen LogP contribution in [-0.2, 0) is 0 Å². The van der Waals surface area contributed by atoms with Crippen molar-refractivity contribution in [3.8, 4) is 0 Å². The molecule has 1 aromatic heterocycles. The number of thiophene rings is 1. The zero-order chi connectivity index (χ0) is 17.1. The number of carbonyl (C=O) groups excluding carboxylic acids is 2. The van der Waals surface area contributed by atoms with E-state index in [4.69, 9.17) is 0 Å². The van der Waals surface area contributed by atoms with Gasteiger partial charge in [-0.2, -0.15) is 0 Å². The molecule has 5 nitrogen and oxygen atoms in total. The largest absolute Gasteiger partial charge is 0.335 e. The van der Waals surface area contributed by atoms with E-state index in [1.54, 1.807) is 47.5 Å². The Kier molecular flexibility index (Phi) is 4.85. The average molecular weight is 343 g/mol. The van der Waals surface area contributed by atoms with Crippen LogP contribution in [0.5, 0.6) is 0 Å². The lowest BCUT2D eigenvalue weighted by Crippen LogP contribution is -2.31. The molecule has 3 rings (SSSR count). The predicted octanol–water partition coefficient (Wildman–Crippen LogP) is 3.87. The molecule has 0 radical (unpaired) electrons. The summed E-state index contributed by atoms with van der Waals surface area (Å²) in [4.78, 5) is 27.4. The number of rotatable bonds is 5. The van der Waals surface area contributed by atoms with E-state index in [2.05, 4.69) is 10.6 Å². The Bertz CT molecular complexity index is 726. The molecule has 1 aliphatic carbocycles. The molecule has 126 valence electrons. The van der Waals surface area contributed by atoms with E-state index in [9.17, 15) is 9.59 Å². The zero-order valence-corrected chi connectivity index (χ0v) is 14.6. The second-order valence-electron chi connectivity index (χ2n) is 6.06. The van der Waals surface area contributed by atoms with Gasteiger partial charge in [-0.1, -0.05) is 12.1 Å². The van der Waals surface area contributed by atoms with Crippen LogP contribution in [0, 0.1) is 0 Å². The summed E-state index contributed by atoms with van der Waals surface area (Å²) >= 11 is 1.64. The van der Waals surface area contributed by atoms with Crippen LogP contribution in [0.3, 0.4) is 0 Å². The summed E-state index contributed by atoms with van der Waals surface area (Å²) in [6.07, 6.45) is 2.08. The summed E-state index contributed by atoms with van der Waals surface area (Å²) in [5.74, 6) is -0.0675. The van der Waals surface area contributed by atoms with Gasteiger partial charge in [-0.3, -0.25) is 4.79 Å². The molecular weight excluding hydrogens is 322 g/mol. The number of anilines is 1. The van der Waals surface area contributed by atoms with E-state index in [-0.39, 0.29) is 18.0 Å². The monoisotopic (exact) mass is 343 g/mol. The number of urea groups is 1. The van der Waals surface area contributed by atoms with Gasteiger partial charge in [0.2, 0.25) is 0 Å². The maximum absolute atomic E-state index is 12.7. The number of benzene rings is 1. The maximum Gasteiger partial charge on any atom is 0.319 e. The quantitative estimate of drug-likeness (QED) is 0.866. The second kappa shape index (κ2) is 7.05. The summed E-state index contributed by atoms with van der Waals surface area (Å²) in [5.41, 5.74) is 1.18. The molecule has 24 heavy (non-hydrogen) atoms. The maximum atomic E-state index is 12.7. The highest BCUT2D eigenvalue weighted by Gasteiger charge is 2.23. The highest BCUT2D eigenvalue weighted by Crippen LogP contribution is 2.25. The fourth-order valence-corrected chi connectivity index (χ4v) is 3.24. The van der Waals surface area contributed by atoms with Gasteiger partial charge in [-0.25, -0.2) is 4.79 Å². The Labute approximate surface area is 145 Å². The first kappa shape index (κ1) is 16.5. The normalized spacial score (nSPS) is 14.8. The SMILES string of the molecule is CC(c1cccs1)N(C)C(=O)c1cccc(NC(=O)NC2CC2)c1. The van der Waals surface area contributed by atoms with Crippen molar-refractivity contribution in [2.45, 2.75) is 31.8 Å². The lowest BCUT2D eigenvalue weighted by molar-refractivity contribution is 0.0745. The van der Waals surface area contributed by atoms with E-state index in [1.165, 1.54) is 0 Å². The van der Waals surface area contributed by atoms with Crippen molar-refractivity contribution >= 4 is 29.0 Å². The van der Waals surface area contributed by atoms with Gasteiger partial charge in [0.05, 0.1) is 6.04 Å². The molecule has 1 atom stereocenters. The van der Waals surface area contributed by atoms with Crippen LogP contribution in [0.4, 0.5) is 10.5 Å². The van der Waals surface area contributed by atoms with Crippen molar-refractivity contribution in [3.63, 3.8) is 0 Å². The molecule has 2 aromatic rings. The summed E-state index contributed by atoms with van der Waals surface area (Å²) in [6, 6.07) is 11.1. The van der Waals surface area contributed by atoms with Crippen LogP contribution in [0.2, 0.25) is 0 Å². The van der Waals surface area contributed by atoms with Crippen LogP contribution >= 0.6 is 11.3 Å². The number of carbonyl (C=O) groups is 2. The third-order valence-electron chi connectivity index (χ3n) is 4.14. The minimum atomic E-state index is -0.220. The Hall–Kier alpha value is -2.34. The summed E-state index contributed by atoms with van der Waals surface area (Å²) < 4.78 is 0. The van der Waals surface area contributed by atoms with E-state index in [1.807, 2.05) is 24.4 Å². The van der Waals surface area contributed by atoms with E-state index < -0.39 is 0 Å². The lowest BCUT2D eigenvalue weighted by atomic mass is 10.1. The van der Waals surface area contributed by atoms with Gasteiger partial charge in [-0.15, -0.1) is 11.3 Å². The number of nitrogens with zero attached hydrogens (tertiary/aromatic N) is 1. The number of nitrogens with one attached hydrogen (secondary N) is 2. The second-order valence-corrected chi connectivity index (χ2v) is 7.04. The zero-order valence-electron chi connectivity index (χ0n) is 13.8. The fraction of sp³-hybridized carbons (Fsp3) is 0.333. The minimum absolute atomic E-state index is 0.00674. The highest BCUT2D eigenvalue weighted by atomic mass is 32.1. The van der Waals surface area contributed by atoms with Crippen molar-refractivity contribution in [2.75, 3.05) is 12.4 Å². The minimum Gasteiger partial charge on any atom is -0.335 e. The van der Waals surface area contributed by atoms with Gasteiger partial charge >= 0.3 is 6.03 Å². The van der Waals surface area contributed by atoms with Gasteiger partial charge < -0.3 is 15.5 Å². The molecule has 1 unspecified atom stereocenters. The van der Waals surface area contributed by atoms with Crippen molar-refractivity contribution in [3.05, 3.63) is 52.2 Å². The van der Waals surface area contributed by atoms with E-state index in [0.717, 1.165) is 17.7 Å². The molecule has 1 fully saturated rings.